The fraction of sp³-hybridized carbons (Fsp3) is 0.0556. The molecule has 1 heterocycles. The first kappa shape index (κ1) is 14.7. The van der Waals surface area contributed by atoms with Gasteiger partial charge in [-0.15, -0.1) is 0 Å². The predicted molar refractivity (Wildman–Crippen MR) is 82.8 cm³/mol. The van der Waals surface area contributed by atoms with Crippen LogP contribution in [-0.4, -0.2) is 23.8 Å². The van der Waals surface area contributed by atoms with Gasteiger partial charge in [0.05, 0.1) is 12.7 Å². The zero-order valence-corrected chi connectivity index (χ0v) is 12.4. The summed E-state index contributed by atoms with van der Waals surface area (Å²) in [5.41, 5.74) is 1.03. The van der Waals surface area contributed by atoms with Crippen molar-refractivity contribution in [3.8, 4) is 5.75 Å². The summed E-state index contributed by atoms with van der Waals surface area (Å²) in [6, 6.07) is 15.3. The highest BCUT2D eigenvalue weighted by molar-refractivity contribution is 6.18. The van der Waals surface area contributed by atoms with Gasteiger partial charge in [-0.3, -0.25) is 9.59 Å². The number of nitrogens with zero attached hydrogens (tertiary/aromatic N) is 1. The molecule has 0 amide bonds. The highest BCUT2D eigenvalue weighted by atomic mass is 16.5. The SMILES string of the molecule is COc1ccc(C(=O)c2nocc2C(=O)c2ccccc2)cc1. The second-order valence-corrected chi connectivity index (χ2v) is 4.83. The molecule has 0 unspecified atom stereocenters. The van der Waals surface area contributed by atoms with E-state index < -0.39 is 0 Å². The maximum Gasteiger partial charge on any atom is 0.215 e. The molecule has 0 aliphatic heterocycles. The lowest BCUT2D eigenvalue weighted by Crippen LogP contribution is -2.10. The molecule has 3 rings (SSSR count). The normalized spacial score (nSPS) is 10.3. The molecule has 0 spiro atoms. The number of methoxy groups -OCH3 is 1. The van der Waals surface area contributed by atoms with Crippen molar-refractivity contribution in [2.45, 2.75) is 0 Å². The van der Waals surface area contributed by atoms with Gasteiger partial charge in [0.25, 0.3) is 0 Å². The number of rotatable bonds is 5. The Balaban J connectivity index is 1.94. The number of carbonyl (C=O) groups excluding carboxylic acids is 2. The van der Waals surface area contributed by atoms with Crippen molar-refractivity contribution in [1.82, 2.24) is 5.16 Å². The van der Waals surface area contributed by atoms with E-state index in [1.54, 1.807) is 55.6 Å². The minimum Gasteiger partial charge on any atom is -0.497 e. The third-order valence-electron chi connectivity index (χ3n) is 3.42. The quantitative estimate of drug-likeness (QED) is 0.677. The Labute approximate surface area is 132 Å². The summed E-state index contributed by atoms with van der Waals surface area (Å²) in [6.07, 6.45) is 1.20. The van der Waals surface area contributed by atoms with Crippen LogP contribution in [0, 0.1) is 0 Å². The van der Waals surface area contributed by atoms with E-state index in [1.165, 1.54) is 6.26 Å². The van der Waals surface area contributed by atoms with Gasteiger partial charge >= 0.3 is 0 Å². The summed E-state index contributed by atoms with van der Waals surface area (Å²) in [6.45, 7) is 0. The van der Waals surface area contributed by atoms with Crippen molar-refractivity contribution >= 4 is 11.6 Å². The number of hydrogen-bond acceptors (Lipinski definition) is 5. The number of ketones is 2. The van der Waals surface area contributed by atoms with Gasteiger partial charge in [0.15, 0.2) is 11.5 Å². The van der Waals surface area contributed by atoms with Gasteiger partial charge in [0.1, 0.15) is 12.0 Å². The second kappa shape index (κ2) is 6.27. The molecular weight excluding hydrogens is 294 g/mol. The van der Waals surface area contributed by atoms with Gasteiger partial charge in [-0.1, -0.05) is 35.5 Å². The first-order valence-electron chi connectivity index (χ1n) is 6.93. The maximum atomic E-state index is 12.5. The van der Waals surface area contributed by atoms with Gasteiger partial charge in [-0.05, 0) is 24.3 Å². The van der Waals surface area contributed by atoms with Crippen LogP contribution in [0.1, 0.15) is 32.0 Å². The minimum atomic E-state index is -0.374. The zero-order chi connectivity index (χ0) is 16.2. The van der Waals surface area contributed by atoms with Crippen LogP contribution in [0.25, 0.3) is 0 Å². The van der Waals surface area contributed by atoms with Crippen molar-refractivity contribution in [2.75, 3.05) is 7.11 Å². The third kappa shape index (κ3) is 2.89. The van der Waals surface area contributed by atoms with Gasteiger partial charge in [0, 0.05) is 11.1 Å². The Morgan fingerprint density at radius 2 is 1.57 bits per heavy atom. The van der Waals surface area contributed by atoms with E-state index in [0.717, 1.165) is 0 Å². The fourth-order valence-electron chi connectivity index (χ4n) is 2.19. The largest absolute Gasteiger partial charge is 0.497 e. The minimum absolute atomic E-state index is 0.00372. The molecule has 0 saturated carbocycles. The number of ether oxygens (including phenoxy) is 1. The summed E-state index contributed by atoms with van der Waals surface area (Å²) in [7, 11) is 1.55. The van der Waals surface area contributed by atoms with Gasteiger partial charge in [-0.2, -0.15) is 0 Å². The lowest BCUT2D eigenvalue weighted by Gasteiger charge is -2.03. The van der Waals surface area contributed by atoms with Gasteiger partial charge < -0.3 is 9.26 Å². The molecular formula is C18H13NO4. The molecule has 23 heavy (non-hydrogen) atoms. The average Bonchev–Trinajstić information content (AvgIpc) is 3.11. The molecule has 0 radical (unpaired) electrons. The van der Waals surface area contributed by atoms with E-state index >= 15 is 0 Å². The van der Waals surface area contributed by atoms with Crippen LogP contribution in [0.3, 0.4) is 0 Å². The topological polar surface area (TPSA) is 69.4 Å². The Bertz CT molecular complexity index is 835. The first-order chi connectivity index (χ1) is 11.2. The van der Waals surface area contributed by atoms with Crippen LogP contribution >= 0.6 is 0 Å². The van der Waals surface area contributed by atoms with Gasteiger partial charge in [0.2, 0.25) is 5.78 Å². The lowest BCUT2D eigenvalue weighted by atomic mass is 9.99. The third-order valence-corrected chi connectivity index (χ3v) is 3.42. The number of aromatic nitrogens is 1. The van der Waals surface area contributed by atoms with Crippen LogP contribution in [0.15, 0.2) is 65.4 Å². The van der Waals surface area contributed by atoms with Crippen molar-refractivity contribution in [1.29, 1.82) is 0 Å². The molecule has 0 bridgehead atoms. The molecule has 5 heteroatoms. The summed E-state index contributed by atoms with van der Waals surface area (Å²) in [5, 5.41) is 3.71. The molecule has 0 aliphatic rings. The van der Waals surface area contributed by atoms with E-state index in [-0.39, 0.29) is 22.8 Å². The standard InChI is InChI=1S/C18H13NO4/c1-22-14-9-7-13(8-10-14)18(21)16-15(11-23-19-16)17(20)12-5-3-2-4-6-12/h2-11H,1H3. The van der Waals surface area contributed by atoms with Crippen molar-refractivity contribution in [3.05, 3.63) is 83.2 Å². The van der Waals surface area contributed by atoms with Crippen LogP contribution in [0.5, 0.6) is 5.75 Å². The van der Waals surface area contributed by atoms with E-state index in [0.29, 0.717) is 16.9 Å². The summed E-state index contributed by atoms with van der Waals surface area (Å²) >= 11 is 0. The molecule has 114 valence electrons. The molecule has 0 atom stereocenters. The molecule has 0 N–H and O–H groups in total. The molecule has 2 aromatic carbocycles. The van der Waals surface area contributed by atoms with E-state index in [4.69, 9.17) is 9.26 Å². The van der Waals surface area contributed by atoms with Crippen LogP contribution in [0.2, 0.25) is 0 Å². The van der Waals surface area contributed by atoms with Crippen LogP contribution in [0.4, 0.5) is 0 Å². The smallest absolute Gasteiger partial charge is 0.215 e. The Morgan fingerprint density at radius 1 is 0.913 bits per heavy atom. The average molecular weight is 307 g/mol. The molecule has 0 aliphatic carbocycles. The van der Waals surface area contributed by atoms with Crippen molar-refractivity contribution < 1.29 is 18.8 Å². The second-order valence-electron chi connectivity index (χ2n) is 4.83. The maximum absolute atomic E-state index is 12.5. The van der Waals surface area contributed by atoms with E-state index in [2.05, 4.69) is 5.16 Å². The first-order valence-corrected chi connectivity index (χ1v) is 6.93. The van der Waals surface area contributed by atoms with Crippen molar-refractivity contribution in [3.63, 3.8) is 0 Å². The van der Waals surface area contributed by atoms with Crippen LogP contribution < -0.4 is 4.74 Å². The Kier molecular flexibility index (Phi) is 4.01. The molecule has 3 aromatic rings. The summed E-state index contributed by atoms with van der Waals surface area (Å²) in [4.78, 5) is 25.0. The Hall–Kier alpha value is -3.21. The fourth-order valence-corrected chi connectivity index (χ4v) is 2.19. The molecule has 0 fully saturated rings. The van der Waals surface area contributed by atoms with Crippen molar-refractivity contribution in [2.24, 2.45) is 0 Å². The molecule has 1 aromatic heterocycles. The molecule has 0 saturated heterocycles. The number of hydrogen-bond donors (Lipinski definition) is 0. The predicted octanol–water partition coefficient (Wildman–Crippen LogP) is 3.15. The van der Waals surface area contributed by atoms with E-state index in [1.807, 2.05) is 6.07 Å². The highest BCUT2D eigenvalue weighted by Gasteiger charge is 2.23. The summed E-state index contributed by atoms with van der Waals surface area (Å²) < 4.78 is 9.92. The monoisotopic (exact) mass is 307 g/mol. The number of carbonyl (C=O) groups is 2. The number of benzene rings is 2. The molecule has 5 nitrogen and oxygen atoms in total. The van der Waals surface area contributed by atoms with Crippen LogP contribution in [-0.2, 0) is 0 Å². The van der Waals surface area contributed by atoms with Gasteiger partial charge in [-0.25, -0.2) is 0 Å². The lowest BCUT2D eigenvalue weighted by molar-refractivity contribution is 0.1000. The van der Waals surface area contributed by atoms with E-state index in [9.17, 15) is 9.59 Å². The Morgan fingerprint density at radius 3 is 2.22 bits per heavy atom. The zero-order valence-electron chi connectivity index (χ0n) is 12.4. The highest BCUT2D eigenvalue weighted by Crippen LogP contribution is 2.19. The summed E-state index contributed by atoms with van der Waals surface area (Å²) in [5.74, 6) is -0.0355.